The second-order valence-electron chi connectivity index (χ2n) is 5.24. The summed E-state index contributed by atoms with van der Waals surface area (Å²) in [6.45, 7) is 5.10. The van der Waals surface area contributed by atoms with Crippen LogP contribution < -0.4 is 15.8 Å². The van der Waals surface area contributed by atoms with E-state index in [2.05, 4.69) is 22.1 Å². The zero-order valence-corrected chi connectivity index (χ0v) is 13.4. The number of unbranched alkanes of at least 4 members (excludes halogenated alkanes) is 1. The molecule has 0 bridgehead atoms. The molecule has 0 atom stereocenters. The number of hydrogen-bond acceptors (Lipinski definition) is 3. The molecule has 21 heavy (non-hydrogen) atoms. The second kappa shape index (κ2) is 10.0. The van der Waals surface area contributed by atoms with Crippen molar-refractivity contribution in [1.82, 2.24) is 10.2 Å². The lowest BCUT2D eigenvalue weighted by atomic mass is 10.2. The molecule has 5 heteroatoms. The fraction of sp³-hybridized carbons (Fsp3) is 0.562. The van der Waals surface area contributed by atoms with Gasteiger partial charge in [0, 0.05) is 18.7 Å². The highest BCUT2D eigenvalue weighted by Gasteiger charge is 2.03. The quantitative estimate of drug-likeness (QED) is 0.414. The Morgan fingerprint density at radius 2 is 2.10 bits per heavy atom. The first-order valence-corrected chi connectivity index (χ1v) is 7.52. The summed E-state index contributed by atoms with van der Waals surface area (Å²) < 4.78 is 5.81. The molecule has 0 unspecified atom stereocenters. The van der Waals surface area contributed by atoms with Crippen molar-refractivity contribution in [3.8, 4) is 5.75 Å². The van der Waals surface area contributed by atoms with Crippen molar-refractivity contribution in [2.45, 2.75) is 26.3 Å². The van der Waals surface area contributed by atoms with E-state index in [-0.39, 0.29) is 0 Å². The molecule has 1 aromatic carbocycles. The zero-order valence-electron chi connectivity index (χ0n) is 13.4. The molecule has 118 valence electrons. The fourth-order valence-electron chi connectivity index (χ4n) is 1.73. The minimum atomic E-state index is 0.492. The third-order valence-corrected chi connectivity index (χ3v) is 3.02. The van der Waals surface area contributed by atoms with Crippen molar-refractivity contribution in [2.75, 3.05) is 33.8 Å². The van der Waals surface area contributed by atoms with Crippen LogP contribution in [0.4, 0.5) is 0 Å². The highest BCUT2D eigenvalue weighted by Crippen LogP contribution is 2.18. The molecule has 0 aliphatic rings. The molecule has 1 aromatic rings. The van der Waals surface area contributed by atoms with Crippen LogP contribution in [0.5, 0.6) is 5.75 Å². The van der Waals surface area contributed by atoms with Gasteiger partial charge in [0.2, 0.25) is 0 Å². The molecular weight excluding hydrogens is 264 g/mol. The van der Waals surface area contributed by atoms with Gasteiger partial charge in [-0.1, -0.05) is 31.5 Å². The first kappa shape index (κ1) is 17.3. The van der Waals surface area contributed by atoms with Gasteiger partial charge in [0.1, 0.15) is 12.4 Å². The molecule has 0 heterocycles. The summed E-state index contributed by atoms with van der Waals surface area (Å²) in [4.78, 5) is 6.46. The molecule has 0 fully saturated rings. The van der Waals surface area contributed by atoms with Crippen LogP contribution in [0.1, 0.15) is 25.3 Å². The Hall–Kier alpha value is -1.75. The maximum Gasteiger partial charge on any atom is 0.188 e. The number of guanidine groups is 1. The monoisotopic (exact) mass is 292 g/mol. The fourth-order valence-corrected chi connectivity index (χ4v) is 1.73. The van der Waals surface area contributed by atoms with E-state index in [4.69, 9.17) is 10.5 Å². The Morgan fingerprint density at radius 3 is 2.81 bits per heavy atom. The number of para-hydroxylation sites is 1. The average Bonchev–Trinajstić information content (AvgIpc) is 2.46. The van der Waals surface area contributed by atoms with E-state index in [9.17, 15) is 0 Å². The first-order valence-electron chi connectivity index (χ1n) is 7.52. The topological polar surface area (TPSA) is 62.9 Å². The number of aliphatic imine (C=N–C) groups is 1. The average molecular weight is 292 g/mol. The van der Waals surface area contributed by atoms with Gasteiger partial charge in [-0.25, -0.2) is 4.99 Å². The van der Waals surface area contributed by atoms with Crippen LogP contribution in [0.2, 0.25) is 0 Å². The van der Waals surface area contributed by atoms with Gasteiger partial charge in [0.15, 0.2) is 5.96 Å². The highest BCUT2D eigenvalue weighted by atomic mass is 16.5. The van der Waals surface area contributed by atoms with E-state index in [1.165, 1.54) is 0 Å². The van der Waals surface area contributed by atoms with Gasteiger partial charge in [0.25, 0.3) is 0 Å². The summed E-state index contributed by atoms with van der Waals surface area (Å²) in [5.41, 5.74) is 6.90. The summed E-state index contributed by atoms with van der Waals surface area (Å²) in [5, 5.41) is 3.11. The lowest BCUT2D eigenvalue weighted by molar-refractivity contribution is 0.259. The van der Waals surface area contributed by atoms with E-state index in [1.54, 1.807) is 0 Å². The molecular formula is C16H28N4O. The Bertz CT molecular complexity index is 432. The minimum Gasteiger partial charge on any atom is -0.492 e. The molecule has 0 saturated carbocycles. The largest absolute Gasteiger partial charge is 0.492 e. The maximum atomic E-state index is 5.84. The molecule has 0 spiro atoms. The number of rotatable bonds is 9. The molecule has 0 aromatic heterocycles. The van der Waals surface area contributed by atoms with E-state index in [0.717, 1.165) is 37.2 Å². The maximum absolute atomic E-state index is 5.84. The molecule has 0 radical (unpaired) electrons. The Balaban J connectivity index is 2.51. The zero-order chi connectivity index (χ0) is 15.5. The molecule has 0 amide bonds. The van der Waals surface area contributed by atoms with E-state index in [1.807, 2.05) is 38.4 Å². The summed E-state index contributed by atoms with van der Waals surface area (Å²) >= 11 is 0. The summed E-state index contributed by atoms with van der Waals surface area (Å²) in [6, 6.07) is 7.96. The van der Waals surface area contributed by atoms with Gasteiger partial charge in [-0.3, -0.25) is 0 Å². The van der Waals surface area contributed by atoms with E-state index >= 15 is 0 Å². The van der Waals surface area contributed by atoms with Crippen LogP contribution >= 0.6 is 0 Å². The number of benzene rings is 1. The number of nitrogens with one attached hydrogen (secondary N) is 1. The van der Waals surface area contributed by atoms with Crippen molar-refractivity contribution in [3.05, 3.63) is 29.8 Å². The molecule has 0 aliphatic heterocycles. The van der Waals surface area contributed by atoms with Gasteiger partial charge in [-0.15, -0.1) is 0 Å². The lowest BCUT2D eigenvalue weighted by Gasteiger charge is -2.13. The van der Waals surface area contributed by atoms with E-state index < -0.39 is 0 Å². The number of nitrogens with zero attached hydrogens (tertiary/aromatic N) is 2. The smallest absolute Gasteiger partial charge is 0.188 e. The normalized spacial score (nSPS) is 11.7. The molecule has 0 saturated heterocycles. The van der Waals surface area contributed by atoms with Crippen LogP contribution in [-0.2, 0) is 6.54 Å². The minimum absolute atomic E-state index is 0.492. The Morgan fingerprint density at radius 1 is 1.33 bits per heavy atom. The van der Waals surface area contributed by atoms with Crippen molar-refractivity contribution in [3.63, 3.8) is 0 Å². The van der Waals surface area contributed by atoms with Crippen molar-refractivity contribution in [2.24, 2.45) is 10.7 Å². The lowest BCUT2D eigenvalue weighted by Crippen LogP contribution is -2.32. The number of nitrogens with two attached hydrogens (primary N) is 1. The van der Waals surface area contributed by atoms with Crippen LogP contribution in [0.25, 0.3) is 0 Å². The summed E-state index contributed by atoms with van der Waals surface area (Å²) in [6.07, 6.45) is 2.24. The third-order valence-electron chi connectivity index (χ3n) is 3.02. The SMILES string of the molecule is CCCCNC(N)=NCc1ccccc1OCCN(C)C. The number of likely N-dealkylation sites (N-methyl/N-ethyl adjacent to an activating group) is 1. The molecule has 3 N–H and O–H groups in total. The molecule has 0 aliphatic carbocycles. The van der Waals surface area contributed by atoms with Crippen molar-refractivity contribution >= 4 is 5.96 Å². The first-order chi connectivity index (χ1) is 10.1. The standard InChI is InChI=1S/C16H28N4O/c1-4-5-10-18-16(17)19-13-14-8-6-7-9-15(14)21-12-11-20(2)3/h6-9H,4-5,10-13H2,1-3H3,(H3,17,18,19). The summed E-state index contributed by atoms with van der Waals surface area (Å²) in [5.74, 6) is 1.37. The van der Waals surface area contributed by atoms with Crippen LogP contribution in [0.15, 0.2) is 29.3 Å². The third kappa shape index (κ3) is 7.56. The second-order valence-corrected chi connectivity index (χ2v) is 5.24. The molecule has 5 nitrogen and oxygen atoms in total. The number of hydrogen-bond donors (Lipinski definition) is 2. The Kier molecular flexibility index (Phi) is 8.28. The van der Waals surface area contributed by atoms with Gasteiger partial charge in [0.05, 0.1) is 6.54 Å². The van der Waals surface area contributed by atoms with E-state index in [0.29, 0.717) is 19.1 Å². The van der Waals surface area contributed by atoms with Crippen molar-refractivity contribution in [1.29, 1.82) is 0 Å². The highest BCUT2D eigenvalue weighted by molar-refractivity contribution is 5.77. The predicted octanol–water partition coefficient (Wildman–Crippen LogP) is 1.83. The predicted molar refractivity (Wildman–Crippen MR) is 88.7 cm³/mol. The summed E-state index contributed by atoms with van der Waals surface area (Å²) in [7, 11) is 4.06. The Labute approximate surface area is 128 Å². The van der Waals surface area contributed by atoms with Gasteiger partial charge >= 0.3 is 0 Å². The van der Waals surface area contributed by atoms with Gasteiger partial charge < -0.3 is 20.7 Å². The van der Waals surface area contributed by atoms with Gasteiger partial charge in [-0.05, 0) is 26.6 Å². The molecule has 1 rings (SSSR count). The number of ether oxygens (including phenoxy) is 1. The van der Waals surface area contributed by atoms with Crippen LogP contribution in [-0.4, -0.2) is 44.7 Å². The van der Waals surface area contributed by atoms with Crippen LogP contribution in [0.3, 0.4) is 0 Å². The van der Waals surface area contributed by atoms with Crippen molar-refractivity contribution < 1.29 is 4.74 Å². The van der Waals surface area contributed by atoms with Crippen LogP contribution in [0, 0.1) is 0 Å². The van der Waals surface area contributed by atoms with Gasteiger partial charge in [-0.2, -0.15) is 0 Å².